The molecule has 0 aliphatic rings. The molecule has 2 aromatic rings. The van der Waals surface area contributed by atoms with Gasteiger partial charge in [0.2, 0.25) is 0 Å². The van der Waals surface area contributed by atoms with Crippen molar-refractivity contribution in [2.45, 2.75) is 27.2 Å². The minimum atomic E-state index is -0.911. The average Bonchev–Trinajstić information content (AvgIpc) is 2.80. The van der Waals surface area contributed by atoms with E-state index in [2.05, 4.69) is 15.4 Å². The van der Waals surface area contributed by atoms with Crippen molar-refractivity contribution in [2.24, 2.45) is 5.92 Å². The van der Waals surface area contributed by atoms with Gasteiger partial charge in [-0.15, -0.1) is 0 Å². The summed E-state index contributed by atoms with van der Waals surface area (Å²) >= 11 is 0. The molecule has 0 aliphatic heterocycles. The van der Waals surface area contributed by atoms with Gasteiger partial charge in [-0.2, -0.15) is 5.10 Å². The summed E-state index contributed by atoms with van der Waals surface area (Å²) in [4.78, 5) is 27.3. The summed E-state index contributed by atoms with van der Waals surface area (Å²) in [5.74, 6) is -1.83. The van der Waals surface area contributed by atoms with Gasteiger partial charge in [-0.3, -0.25) is 9.59 Å². The first-order valence-corrected chi connectivity index (χ1v) is 6.77. The fourth-order valence-corrected chi connectivity index (χ4v) is 2.10. The molecule has 0 bridgehead atoms. The van der Waals surface area contributed by atoms with Crippen LogP contribution in [-0.2, 0) is 4.79 Å². The predicted octanol–water partition coefficient (Wildman–Crippen LogP) is 1.19. The number of aliphatic carboxylic acids is 1. The van der Waals surface area contributed by atoms with Crippen LogP contribution < -0.4 is 5.32 Å². The van der Waals surface area contributed by atoms with Gasteiger partial charge in [-0.05, 0) is 20.3 Å². The maximum atomic E-state index is 12.2. The Morgan fingerprint density at radius 1 is 1.43 bits per heavy atom. The lowest BCUT2D eigenvalue weighted by molar-refractivity contribution is -0.141. The fraction of sp³-hybridized carbons (Fsp3) is 0.429. The second-order valence-corrected chi connectivity index (χ2v) is 4.97. The summed E-state index contributed by atoms with van der Waals surface area (Å²) in [6.45, 7) is 5.51. The van der Waals surface area contributed by atoms with Crippen molar-refractivity contribution in [3.8, 4) is 0 Å². The van der Waals surface area contributed by atoms with Crippen molar-refractivity contribution in [1.29, 1.82) is 0 Å². The molecule has 1 atom stereocenters. The number of nitrogens with one attached hydrogen (secondary N) is 1. The third kappa shape index (κ3) is 3.01. The number of carbonyl (C=O) groups is 2. The smallest absolute Gasteiger partial charge is 0.308 e. The lowest BCUT2D eigenvalue weighted by Gasteiger charge is -2.12. The zero-order valence-corrected chi connectivity index (χ0v) is 12.3. The van der Waals surface area contributed by atoms with Crippen LogP contribution in [0.25, 0.3) is 5.65 Å². The molecule has 2 N–H and O–H groups in total. The van der Waals surface area contributed by atoms with Crippen LogP contribution in [0.1, 0.15) is 35.1 Å². The molecule has 0 radical (unpaired) electrons. The molecule has 0 saturated carbocycles. The fourth-order valence-electron chi connectivity index (χ4n) is 2.10. The first-order valence-electron chi connectivity index (χ1n) is 6.77. The monoisotopic (exact) mass is 290 g/mol. The molecule has 7 heteroatoms. The number of carboxylic acid groups (broad SMARTS) is 1. The molecular weight excluding hydrogens is 272 g/mol. The molecule has 0 aromatic carbocycles. The largest absolute Gasteiger partial charge is 0.481 e. The maximum absolute atomic E-state index is 12.2. The number of aryl methyl sites for hydroxylation is 2. The predicted molar refractivity (Wildman–Crippen MR) is 76.2 cm³/mol. The zero-order valence-electron chi connectivity index (χ0n) is 12.3. The Labute approximate surface area is 122 Å². The molecule has 0 aliphatic carbocycles. The van der Waals surface area contributed by atoms with Gasteiger partial charge < -0.3 is 10.4 Å². The van der Waals surface area contributed by atoms with Crippen molar-refractivity contribution >= 4 is 17.5 Å². The van der Waals surface area contributed by atoms with Gasteiger partial charge >= 0.3 is 5.97 Å². The normalized spacial score (nSPS) is 12.3. The van der Waals surface area contributed by atoms with E-state index in [1.807, 2.05) is 13.0 Å². The Balaban J connectivity index is 2.19. The molecule has 2 heterocycles. The molecule has 0 spiro atoms. The van der Waals surface area contributed by atoms with Crippen LogP contribution in [0, 0.1) is 19.8 Å². The Morgan fingerprint density at radius 2 is 2.14 bits per heavy atom. The van der Waals surface area contributed by atoms with Crippen LogP contribution in [0.4, 0.5) is 0 Å². The number of nitrogens with zero attached hydrogens (tertiary/aromatic N) is 3. The highest BCUT2D eigenvalue weighted by Gasteiger charge is 2.18. The second-order valence-electron chi connectivity index (χ2n) is 4.97. The SMILES string of the molecule is CCC(CNC(=O)c1cnc2cc(C)nn2c1C)C(=O)O. The molecule has 2 aromatic heterocycles. The minimum absolute atomic E-state index is 0.0975. The van der Waals surface area contributed by atoms with Crippen molar-refractivity contribution in [2.75, 3.05) is 6.54 Å². The molecular formula is C14H18N4O3. The van der Waals surface area contributed by atoms with Crippen molar-refractivity contribution in [3.63, 3.8) is 0 Å². The number of hydrogen-bond acceptors (Lipinski definition) is 4. The Morgan fingerprint density at radius 3 is 2.76 bits per heavy atom. The summed E-state index contributed by atoms with van der Waals surface area (Å²) < 4.78 is 1.61. The molecule has 21 heavy (non-hydrogen) atoms. The number of hydrogen-bond donors (Lipinski definition) is 2. The van der Waals surface area contributed by atoms with Gasteiger partial charge in [0.05, 0.1) is 22.9 Å². The Hall–Kier alpha value is -2.44. The lowest BCUT2D eigenvalue weighted by atomic mass is 10.1. The van der Waals surface area contributed by atoms with Gasteiger partial charge in [0.15, 0.2) is 5.65 Å². The van der Waals surface area contributed by atoms with E-state index in [0.717, 1.165) is 5.69 Å². The quantitative estimate of drug-likeness (QED) is 0.862. The van der Waals surface area contributed by atoms with E-state index in [0.29, 0.717) is 23.3 Å². The maximum Gasteiger partial charge on any atom is 0.308 e. The number of fused-ring (bicyclic) bond motifs is 1. The Kier molecular flexibility index (Phi) is 4.21. The highest BCUT2D eigenvalue weighted by Crippen LogP contribution is 2.11. The van der Waals surface area contributed by atoms with Crippen LogP contribution in [0.3, 0.4) is 0 Å². The zero-order chi connectivity index (χ0) is 15.6. The standard InChI is InChI=1S/C14H18N4O3/c1-4-10(14(20)21)6-16-13(19)11-7-15-12-5-8(2)17-18(12)9(11)3/h5,7,10H,4,6H2,1-3H3,(H,16,19)(H,20,21). The molecule has 0 saturated heterocycles. The van der Waals surface area contributed by atoms with Crippen molar-refractivity contribution in [1.82, 2.24) is 19.9 Å². The molecule has 0 fully saturated rings. The average molecular weight is 290 g/mol. The molecule has 2 rings (SSSR count). The third-order valence-corrected chi connectivity index (χ3v) is 3.44. The van der Waals surface area contributed by atoms with Gasteiger partial charge in [0, 0.05) is 18.8 Å². The Bertz CT molecular complexity index is 693. The van der Waals surface area contributed by atoms with E-state index >= 15 is 0 Å². The van der Waals surface area contributed by atoms with E-state index in [-0.39, 0.29) is 12.5 Å². The number of carboxylic acids is 1. The van der Waals surface area contributed by atoms with Crippen LogP contribution in [0.15, 0.2) is 12.3 Å². The number of amides is 1. The summed E-state index contributed by atoms with van der Waals surface area (Å²) in [7, 11) is 0. The van der Waals surface area contributed by atoms with E-state index in [9.17, 15) is 9.59 Å². The summed E-state index contributed by atoms with van der Waals surface area (Å²) in [5.41, 5.74) is 2.57. The number of rotatable bonds is 5. The molecule has 1 unspecified atom stereocenters. The van der Waals surface area contributed by atoms with Crippen molar-refractivity contribution in [3.05, 3.63) is 29.2 Å². The molecule has 112 valence electrons. The first-order chi connectivity index (χ1) is 9.93. The highest BCUT2D eigenvalue weighted by molar-refractivity contribution is 5.95. The first kappa shape index (κ1) is 15.0. The van der Waals surface area contributed by atoms with E-state index < -0.39 is 11.9 Å². The van der Waals surface area contributed by atoms with Crippen molar-refractivity contribution < 1.29 is 14.7 Å². The van der Waals surface area contributed by atoms with E-state index in [1.54, 1.807) is 18.4 Å². The molecule has 7 nitrogen and oxygen atoms in total. The van der Waals surface area contributed by atoms with Gasteiger partial charge in [-0.1, -0.05) is 6.92 Å². The van der Waals surface area contributed by atoms with Gasteiger partial charge in [-0.25, -0.2) is 9.50 Å². The highest BCUT2D eigenvalue weighted by atomic mass is 16.4. The third-order valence-electron chi connectivity index (χ3n) is 3.44. The van der Waals surface area contributed by atoms with E-state index in [1.165, 1.54) is 6.20 Å². The van der Waals surface area contributed by atoms with Gasteiger partial charge in [0.25, 0.3) is 5.91 Å². The second kappa shape index (κ2) is 5.90. The summed E-state index contributed by atoms with van der Waals surface area (Å²) in [6.07, 6.45) is 1.95. The number of carbonyl (C=O) groups excluding carboxylic acids is 1. The van der Waals surface area contributed by atoms with Crippen LogP contribution in [0.2, 0.25) is 0 Å². The van der Waals surface area contributed by atoms with Gasteiger partial charge in [0.1, 0.15) is 0 Å². The van der Waals surface area contributed by atoms with Crippen LogP contribution >= 0.6 is 0 Å². The number of aromatic nitrogens is 3. The van der Waals surface area contributed by atoms with Crippen LogP contribution in [-0.4, -0.2) is 38.1 Å². The minimum Gasteiger partial charge on any atom is -0.481 e. The lowest BCUT2D eigenvalue weighted by Crippen LogP contribution is -2.33. The summed E-state index contributed by atoms with van der Waals surface area (Å²) in [6, 6.07) is 1.83. The van der Waals surface area contributed by atoms with Crippen LogP contribution in [0.5, 0.6) is 0 Å². The molecule has 1 amide bonds. The van der Waals surface area contributed by atoms with E-state index in [4.69, 9.17) is 5.11 Å². The topological polar surface area (TPSA) is 96.6 Å². The summed E-state index contributed by atoms with van der Waals surface area (Å²) in [5, 5.41) is 15.9.